The highest BCUT2D eigenvalue weighted by molar-refractivity contribution is 6.30. The molecule has 1 atom stereocenters. The van der Waals surface area contributed by atoms with Crippen molar-refractivity contribution in [3.8, 4) is 22.6 Å². The maximum Gasteiger partial charge on any atom is 0.233 e. The fraction of sp³-hybridized carbons (Fsp3) is 0.419. The van der Waals surface area contributed by atoms with Crippen LogP contribution in [0.25, 0.3) is 11.1 Å². The van der Waals surface area contributed by atoms with Crippen LogP contribution in [0.1, 0.15) is 49.7 Å². The van der Waals surface area contributed by atoms with Crippen LogP contribution in [0.3, 0.4) is 0 Å². The summed E-state index contributed by atoms with van der Waals surface area (Å²) < 4.78 is 18.5. The molecule has 3 aliphatic rings. The average molecular weight is 533 g/mol. The minimum Gasteiger partial charge on any atom is -0.487 e. The smallest absolute Gasteiger partial charge is 0.233 e. The number of aromatic nitrogens is 1. The zero-order valence-corrected chi connectivity index (χ0v) is 22.3. The molecular formula is C31H33ClN2O4. The number of nitrogens with zero attached hydrogens (tertiary/aromatic N) is 2. The van der Waals surface area contributed by atoms with E-state index < -0.39 is 5.41 Å². The predicted octanol–water partition coefficient (Wildman–Crippen LogP) is 6.19. The maximum absolute atomic E-state index is 14.1. The molecule has 0 N–H and O–H groups in total. The Morgan fingerprint density at radius 1 is 1.08 bits per heavy atom. The molecule has 7 heteroatoms. The molecule has 3 heterocycles. The quantitative estimate of drug-likeness (QED) is 0.378. The van der Waals surface area contributed by atoms with Gasteiger partial charge in [-0.15, -0.1) is 0 Å². The monoisotopic (exact) mass is 532 g/mol. The van der Waals surface area contributed by atoms with E-state index in [1.807, 2.05) is 53.6 Å². The fourth-order valence-electron chi connectivity index (χ4n) is 5.81. The predicted molar refractivity (Wildman–Crippen MR) is 147 cm³/mol. The van der Waals surface area contributed by atoms with E-state index in [1.165, 1.54) is 0 Å². The summed E-state index contributed by atoms with van der Waals surface area (Å²) in [5.74, 6) is 1.58. The summed E-state index contributed by atoms with van der Waals surface area (Å²) in [6.07, 6.45) is 9.71. The molecule has 3 aromatic rings. The van der Waals surface area contributed by atoms with E-state index in [-0.39, 0.29) is 12.0 Å². The van der Waals surface area contributed by atoms with Gasteiger partial charge in [0.15, 0.2) is 11.5 Å². The first-order valence-corrected chi connectivity index (χ1v) is 14.0. The van der Waals surface area contributed by atoms with Crippen molar-refractivity contribution >= 4 is 17.5 Å². The van der Waals surface area contributed by atoms with Crippen LogP contribution in [0.2, 0.25) is 5.02 Å². The van der Waals surface area contributed by atoms with E-state index in [4.69, 9.17) is 25.8 Å². The van der Waals surface area contributed by atoms with Crippen molar-refractivity contribution in [3.05, 3.63) is 77.1 Å². The van der Waals surface area contributed by atoms with Crippen LogP contribution in [0.5, 0.6) is 11.5 Å². The van der Waals surface area contributed by atoms with E-state index in [0.717, 1.165) is 73.1 Å². The Hall–Kier alpha value is -3.09. The number of carbonyl (C=O) groups is 1. The zero-order chi connectivity index (χ0) is 26.0. The summed E-state index contributed by atoms with van der Waals surface area (Å²) in [5, 5.41) is 0.682. The van der Waals surface area contributed by atoms with Crippen LogP contribution in [0.4, 0.5) is 0 Å². The first kappa shape index (κ1) is 25.2. The third-order valence-electron chi connectivity index (χ3n) is 8.09. The normalized spacial score (nSPS) is 20.4. The van der Waals surface area contributed by atoms with Crippen LogP contribution in [-0.2, 0) is 21.5 Å². The Bertz CT molecular complexity index is 1270. The van der Waals surface area contributed by atoms with E-state index in [2.05, 4.69) is 11.1 Å². The molecule has 1 amide bonds. The molecule has 38 heavy (non-hydrogen) atoms. The van der Waals surface area contributed by atoms with Crippen molar-refractivity contribution in [1.82, 2.24) is 9.88 Å². The summed E-state index contributed by atoms with van der Waals surface area (Å²) in [6.45, 7) is 2.67. The number of carbonyl (C=O) groups excluding carboxylic acids is 1. The average Bonchev–Trinajstić information content (AvgIpc) is 3.16. The maximum atomic E-state index is 14.1. The van der Waals surface area contributed by atoms with Gasteiger partial charge in [0.05, 0.1) is 18.1 Å². The van der Waals surface area contributed by atoms with Gasteiger partial charge in [-0.25, -0.2) is 0 Å². The summed E-state index contributed by atoms with van der Waals surface area (Å²) in [6, 6.07) is 15.9. The third kappa shape index (κ3) is 4.99. The highest BCUT2D eigenvalue weighted by atomic mass is 35.5. The molecule has 1 saturated carbocycles. The molecule has 0 bridgehead atoms. The third-order valence-corrected chi connectivity index (χ3v) is 8.35. The zero-order valence-electron chi connectivity index (χ0n) is 21.5. The van der Waals surface area contributed by atoms with Gasteiger partial charge in [-0.1, -0.05) is 36.2 Å². The molecule has 1 aromatic heterocycles. The number of benzene rings is 2. The van der Waals surface area contributed by atoms with Crippen molar-refractivity contribution in [3.63, 3.8) is 0 Å². The molecule has 0 spiro atoms. The van der Waals surface area contributed by atoms with Gasteiger partial charge >= 0.3 is 0 Å². The minimum atomic E-state index is -0.492. The molecule has 6 nitrogen and oxygen atoms in total. The van der Waals surface area contributed by atoms with E-state index in [9.17, 15) is 4.79 Å². The van der Waals surface area contributed by atoms with Gasteiger partial charge in [-0.3, -0.25) is 9.78 Å². The Labute approximate surface area is 228 Å². The molecule has 6 rings (SSSR count). The highest BCUT2D eigenvalue weighted by Gasteiger charge is 2.48. The Kier molecular flexibility index (Phi) is 7.26. The SMILES string of the molecule is O=C(N1CCOc2c(cc(-c3cccnc3)cc2OC[C@H]2CCCCO2)C1)C1(c2ccc(Cl)cc2)CCC1. The van der Waals surface area contributed by atoms with Crippen molar-refractivity contribution in [2.75, 3.05) is 26.4 Å². The lowest BCUT2D eigenvalue weighted by Crippen LogP contribution is -2.51. The molecular weight excluding hydrogens is 500 g/mol. The lowest BCUT2D eigenvalue weighted by Gasteiger charge is -2.43. The molecule has 2 aliphatic heterocycles. The van der Waals surface area contributed by atoms with Crippen molar-refractivity contribution in [1.29, 1.82) is 0 Å². The molecule has 2 fully saturated rings. The number of hydrogen-bond acceptors (Lipinski definition) is 5. The molecule has 198 valence electrons. The Morgan fingerprint density at radius 2 is 1.95 bits per heavy atom. The van der Waals surface area contributed by atoms with Gasteiger partial charge in [0.2, 0.25) is 5.91 Å². The lowest BCUT2D eigenvalue weighted by atomic mass is 9.63. The number of ether oxygens (including phenoxy) is 3. The van der Waals surface area contributed by atoms with Gasteiger partial charge in [0, 0.05) is 41.7 Å². The summed E-state index contributed by atoms with van der Waals surface area (Å²) in [5.41, 5.74) is 3.48. The number of rotatable bonds is 6. The van der Waals surface area contributed by atoms with Gasteiger partial charge in [-0.2, -0.15) is 0 Å². The largest absolute Gasteiger partial charge is 0.487 e. The number of fused-ring (bicyclic) bond motifs is 1. The van der Waals surface area contributed by atoms with Gasteiger partial charge < -0.3 is 19.1 Å². The first-order chi connectivity index (χ1) is 18.6. The topological polar surface area (TPSA) is 60.9 Å². The van der Waals surface area contributed by atoms with Crippen LogP contribution in [0, 0.1) is 0 Å². The standard InChI is InChI=1S/C31H33ClN2O4/c32-26-9-7-25(8-10-26)31(11-4-12-31)30(35)34-14-16-37-29-24(20-34)17-23(22-5-3-13-33-19-22)18-28(29)38-21-27-6-1-2-15-36-27/h3,5,7-10,13,17-19,27H,1-2,4,6,11-12,14-16,20-21H2/t27-/m1/s1. The van der Waals surface area contributed by atoms with Crippen LogP contribution in [0.15, 0.2) is 60.9 Å². The van der Waals surface area contributed by atoms with Gasteiger partial charge in [0.1, 0.15) is 13.2 Å². The Morgan fingerprint density at radius 3 is 2.66 bits per heavy atom. The van der Waals surface area contributed by atoms with Crippen LogP contribution >= 0.6 is 11.6 Å². The van der Waals surface area contributed by atoms with Crippen molar-refractivity contribution in [2.45, 2.75) is 56.6 Å². The molecule has 0 radical (unpaired) electrons. The van der Waals surface area contributed by atoms with E-state index in [0.29, 0.717) is 37.1 Å². The van der Waals surface area contributed by atoms with Crippen molar-refractivity contribution < 1.29 is 19.0 Å². The molecule has 0 unspecified atom stereocenters. The molecule has 2 aromatic carbocycles. The van der Waals surface area contributed by atoms with Crippen LogP contribution < -0.4 is 9.47 Å². The van der Waals surface area contributed by atoms with Crippen molar-refractivity contribution in [2.24, 2.45) is 0 Å². The highest BCUT2D eigenvalue weighted by Crippen LogP contribution is 2.46. The second-order valence-electron chi connectivity index (χ2n) is 10.5. The number of pyridine rings is 1. The second kappa shape index (κ2) is 11.0. The van der Waals surface area contributed by atoms with Crippen LogP contribution in [-0.4, -0.2) is 48.3 Å². The first-order valence-electron chi connectivity index (χ1n) is 13.6. The molecule has 1 aliphatic carbocycles. The van der Waals surface area contributed by atoms with E-state index >= 15 is 0 Å². The summed E-state index contributed by atoms with van der Waals surface area (Å²) in [4.78, 5) is 20.4. The summed E-state index contributed by atoms with van der Waals surface area (Å²) >= 11 is 6.15. The number of halogens is 1. The van der Waals surface area contributed by atoms with Gasteiger partial charge in [0.25, 0.3) is 0 Å². The molecule has 1 saturated heterocycles. The Balaban J connectivity index is 1.31. The van der Waals surface area contributed by atoms with E-state index in [1.54, 1.807) is 6.20 Å². The lowest BCUT2D eigenvalue weighted by molar-refractivity contribution is -0.141. The summed E-state index contributed by atoms with van der Waals surface area (Å²) in [7, 11) is 0. The van der Waals surface area contributed by atoms with Gasteiger partial charge in [-0.05, 0) is 73.6 Å². The second-order valence-corrected chi connectivity index (χ2v) is 11.0. The minimum absolute atomic E-state index is 0.0863. The number of hydrogen-bond donors (Lipinski definition) is 0. The fourth-order valence-corrected chi connectivity index (χ4v) is 5.94. The number of amides is 1.